The average Bonchev–Trinajstić information content (AvgIpc) is 2.15. The highest BCUT2D eigenvalue weighted by atomic mass is 32.2. The SMILES string of the molecule is CCCSc1nc(C)ccc1CN. The van der Waals surface area contributed by atoms with Crippen molar-refractivity contribution in [1.29, 1.82) is 0 Å². The molecule has 13 heavy (non-hydrogen) atoms. The molecule has 0 saturated heterocycles. The summed E-state index contributed by atoms with van der Waals surface area (Å²) in [5, 5.41) is 1.10. The molecular formula is C10H16N2S. The van der Waals surface area contributed by atoms with E-state index in [2.05, 4.69) is 18.0 Å². The Labute approximate surface area is 83.9 Å². The van der Waals surface area contributed by atoms with Crippen LogP contribution in [0, 0.1) is 6.92 Å². The number of hydrogen-bond donors (Lipinski definition) is 1. The Kier molecular flexibility index (Phi) is 4.25. The molecule has 3 heteroatoms. The fourth-order valence-electron chi connectivity index (χ4n) is 1.04. The van der Waals surface area contributed by atoms with Gasteiger partial charge in [-0.05, 0) is 30.7 Å². The molecule has 1 rings (SSSR count). The van der Waals surface area contributed by atoms with E-state index in [0.717, 1.165) is 22.0 Å². The van der Waals surface area contributed by atoms with Crippen molar-refractivity contribution >= 4 is 11.8 Å². The minimum absolute atomic E-state index is 0.583. The molecule has 0 aliphatic carbocycles. The van der Waals surface area contributed by atoms with Crippen molar-refractivity contribution < 1.29 is 0 Å². The maximum Gasteiger partial charge on any atom is 0.101 e. The van der Waals surface area contributed by atoms with Crippen LogP contribution in [0.1, 0.15) is 24.6 Å². The molecule has 1 aromatic heterocycles. The van der Waals surface area contributed by atoms with Crippen molar-refractivity contribution in [2.24, 2.45) is 5.73 Å². The lowest BCUT2D eigenvalue weighted by molar-refractivity contribution is 0.939. The van der Waals surface area contributed by atoms with Crippen LogP contribution in [0.25, 0.3) is 0 Å². The zero-order valence-corrected chi connectivity index (χ0v) is 9.03. The van der Waals surface area contributed by atoms with Gasteiger partial charge in [0.15, 0.2) is 0 Å². The van der Waals surface area contributed by atoms with Crippen LogP contribution in [-0.4, -0.2) is 10.7 Å². The summed E-state index contributed by atoms with van der Waals surface area (Å²) >= 11 is 1.79. The fraction of sp³-hybridized carbons (Fsp3) is 0.500. The molecule has 1 aromatic rings. The minimum atomic E-state index is 0.583. The maximum atomic E-state index is 5.62. The van der Waals surface area contributed by atoms with E-state index in [4.69, 9.17) is 5.73 Å². The van der Waals surface area contributed by atoms with Gasteiger partial charge in [-0.1, -0.05) is 13.0 Å². The van der Waals surface area contributed by atoms with Gasteiger partial charge in [0.25, 0.3) is 0 Å². The van der Waals surface area contributed by atoms with Crippen molar-refractivity contribution in [1.82, 2.24) is 4.98 Å². The Balaban J connectivity index is 2.81. The van der Waals surface area contributed by atoms with Crippen LogP contribution < -0.4 is 5.73 Å². The highest BCUT2D eigenvalue weighted by Crippen LogP contribution is 2.21. The van der Waals surface area contributed by atoms with Gasteiger partial charge in [0.1, 0.15) is 5.03 Å². The first-order chi connectivity index (χ1) is 6.27. The number of nitrogens with two attached hydrogens (primary N) is 1. The van der Waals surface area contributed by atoms with Gasteiger partial charge in [-0.15, -0.1) is 11.8 Å². The predicted octanol–water partition coefficient (Wildman–Crippen LogP) is 2.35. The molecule has 0 aromatic carbocycles. The Morgan fingerprint density at radius 2 is 2.23 bits per heavy atom. The average molecular weight is 196 g/mol. The predicted molar refractivity (Wildman–Crippen MR) is 57.9 cm³/mol. The lowest BCUT2D eigenvalue weighted by Gasteiger charge is -2.06. The summed E-state index contributed by atoms with van der Waals surface area (Å²) in [6, 6.07) is 4.08. The smallest absolute Gasteiger partial charge is 0.101 e. The molecule has 2 nitrogen and oxygen atoms in total. The van der Waals surface area contributed by atoms with E-state index < -0.39 is 0 Å². The molecule has 0 aliphatic heterocycles. The largest absolute Gasteiger partial charge is 0.326 e. The van der Waals surface area contributed by atoms with Gasteiger partial charge >= 0.3 is 0 Å². The van der Waals surface area contributed by atoms with E-state index in [0.29, 0.717) is 6.54 Å². The van der Waals surface area contributed by atoms with Gasteiger partial charge in [0.05, 0.1) is 0 Å². The summed E-state index contributed by atoms with van der Waals surface area (Å²) in [4.78, 5) is 4.46. The van der Waals surface area contributed by atoms with Crippen LogP contribution in [0.3, 0.4) is 0 Å². The Bertz CT molecular complexity index is 274. The second-order valence-corrected chi connectivity index (χ2v) is 4.05. The summed E-state index contributed by atoms with van der Waals surface area (Å²) in [6.07, 6.45) is 1.17. The lowest BCUT2D eigenvalue weighted by Crippen LogP contribution is -2.01. The summed E-state index contributed by atoms with van der Waals surface area (Å²) in [5.41, 5.74) is 7.84. The van der Waals surface area contributed by atoms with Crippen LogP contribution >= 0.6 is 11.8 Å². The number of thioether (sulfide) groups is 1. The molecule has 1 heterocycles. The second kappa shape index (κ2) is 5.25. The van der Waals surface area contributed by atoms with Crippen molar-refractivity contribution in [3.63, 3.8) is 0 Å². The van der Waals surface area contributed by atoms with E-state index >= 15 is 0 Å². The Morgan fingerprint density at radius 3 is 2.85 bits per heavy atom. The monoisotopic (exact) mass is 196 g/mol. The Morgan fingerprint density at radius 1 is 1.46 bits per heavy atom. The van der Waals surface area contributed by atoms with Gasteiger partial charge < -0.3 is 5.73 Å². The number of aryl methyl sites for hydroxylation is 1. The number of rotatable bonds is 4. The molecular weight excluding hydrogens is 180 g/mol. The van der Waals surface area contributed by atoms with Crippen molar-refractivity contribution in [3.05, 3.63) is 23.4 Å². The molecule has 0 amide bonds. The molecule has 0 aliphatic rings. The summed E-state index contributed by atoms with van der Waals surface area (Å²) in [5.74, 6) is 1.11. The molecule has 72 valence electrons. The molecule has 0 saturated carbocycles. The maximum absolute atomic E-state index is 5.62. The molecule has 0 bridgehead atoms. The van der Waals surface area contributed by atoms with Gasteiger partial charge in [-0.25, -0.2) is 4.98 Å². The highest BCUT2D eigenvalue weighted by molar-refractivity contribution is 7.99. The van der Waals surface area contributed by atoms with Crippen LogP contribution in [0.4, 0.5) is 0 Å². The zero-order valence-electron chi connectivity index (χ0n) is 8.21. The van der Waals surface area contributed by atoms with Crippen molar-refractivity contribution in [3.8, 4) is 0 Å². The molecule has 2 N–H and O–H groups in total. The van der Waals surface area contributed by atoms with Crippen LogP contribution in [0.15, 0.2) is 17.2 Å². The number of hydrogen-bond acceptors (Lipinski definition) is 3. The van der Waals surface area contributed by atoms with Crippen LogP contribution in [0.5, 0.6) is 0 Å². The third kappa shape index (κ3) is 3.01. The topological polar surface area (TPSA) is 38.9 Å². The van der Waals surface area contributed by atoms with Crippen molar-refractivity contribution in [2.45, 2.75) is 31.8 Å². The summed E-state index contributed by atoms with van der Waals surface area (Å²) in [6.45, 7) is 4.76. The molecule has 0 radical (unpaired) electrons. The van der Waals surface area contributed by atoms with Gasteiger partial charge in [0, 0.05) is 12.2 Å². The first-order valence-corrected chi connectivity index (χ1v) is 5.56. The van der Waals surface area contributed by atoms with E-state index in [-0.39, 0.29) is 0 Å². The summed E-state index contributed by atoms with van der Waals surface area (Å²) < 4.78 is 0. The fourth-order valence-corrected chi connectivity index (χ4v) is 1.98. The standard InChI is InChI=1S/C10H16N2S/c1-3-6-13-10-9(7-11)5-4-8(2)12-10/h4-5H,3,6-7,11H2,1-2H3. The number of aromatic nitrogens is 1. The third-order valence-electron chi connectivity index (χ3n) is 1.74. The van der Waals surface area contributed by atoms with E-state index in [1.165, 1.54) is 6.42 Å². The first-order valence-electron chi connectivity index (χ1n) is 4.57. The number of nitrogens with zero attached hydrogens (tertiary/aromatic N) is 1. The third-order valence-corrected chi connectivity index (χ3v) is 2.98. The zero-order chi connectivity index (χ0) is 9.68. The quantitative estimate of drug-likeness (QED) is 0.751. The van der Waals surface area contributed by atoms with Gasteiger partial charge in [-0.2, -0.15) is 0 Å². The van der Waals surface area contributed by atoms with E-state index in [1.54, 1.807) is 11.8 Å². The molecule has 0 fully saturated rings. The second-order valence-electron chi connectivity index (χ2n) is 2.97. The van der Waals surface area contributed by atoms with Crippen molar-refractivity contribution in [2.75, 3.05) is 5.75 Å². The van der Waals surface area contributed by atoms with E-state index in [1.807, 2.05) is 13.0 Å². The molecule has 0 unspecified atom stereocenters. The summed E-state index contributed by atoms with van der Waals surface area (Å²) in [7, 11) is 0. The number of pyridine rings is 1. The van der Waals surface area contributed by atoms with Crippen LogP contribution in [0.2, 0.25) is 0 Å². The normalized spacial score (nSPS) is 10.4. The molecule has 0 spiro atoms. The first kappa shape index (κ1) is 10.5. The van der Waals surface area contributed by atoms with Gasteiger partial charge in [0.2, 0.25) is 0 Å². The highest BCUT2D eigenvalue weighted by Gasteiger charge is 2.02. The van der Waals surface area contributed by atoms with Crippen LogP contribution in [-0.2, 0) is 6.54 Å². The van der Waals surface area contributed by atoms with Gasteiger partial charge in [-0.3, -0.25) is 0 Å². The minimum Gasteiger partial charge on any atom is -0.326 e. The Hall–Kier alpha value is -0.540. The lowest BCUT2D eigenvalue weighted by atomic mass is 10.2. The molecule has 0 atom stereocenters. The van der Waals surface area contributed by atoms with E-state index in [9.17, 15) is 0 Å².